The molecule has 1 rings (SSSR count). The monoisotopic (exact) mass is 158 g/mol. The predicted molar refractivity (Wildman–Crippen MR) is 34.7 cm³/mol. The molecule has 0 radical (unpaired) electrons. The van der Waals surface area contributed by atoms with Gasteiger partial charge in [-0.25, -0.2) is 0 Å². The van der Waals surface area contributed by atoms with E-state index in [-0.39, 0.29) is 6.54 Å². The molecule has 0 aromatic rings. The number of carbonyl (C=O) groups is 1. The van der Waals surface area contributed by atoms with E-state index in [0.29, 0.717) is 4.87 Å². The summed E-state index contributed by atoms with van der Waals surface area (Å²) in [6, 6.07) is 0. The number of hydrazine groups is 2. The van der Waals surface area contributed by atoms with E-state index in [0.717, 1.165) is 11.1 Å². The number of amides is 1. The van der Waals surface area contributed by atoms with Crippen LogP contribution in [0.4, 0.5) is 0 Å². The van der Waals surface area contributed by atoms with E-state index in [1.165, 1.54) is 0 Å². The van der Waals surface area contributed by atoms with Crippen molar-refractivity contribution >= 4 is 5.91 Å². The average molecular weight is 158 g/mol. The van der Waals surface area contributed by atoms with Gasteiger partial charge in [-0.1, -0.05) is 6.58 Å². The number of aliphatic hydroxyl groups is 1. The molecule has 60 valence electrons. The minimum atomic E-state index is -1.15. The standard InChI is InChI=1S/C5H8N3O3/c1-2-4(9)8-5(10)3-7(11)6-8/h2,4,9H,1,3H2,(H,6,11)/q+1. The number of hydrogen-bond acceptors (Lipinski definition) is 3. The maximum Gasteiger partial charge on any atom is 0.321 e. The number of aliphatic hydroxyl groups excluding tert-OH is 1. The van der Waals surface area contributed by atoms with Gasteiger partial charge < -0.3 is 5.11 Å². The molecule has 1 atom stereocenters. The summed E-state index contributed by atoms with van der Waals surface area (Å²) in [5, 5.41) is 9.81. The van der Waals surface area contributed by atoms with Crippen LogP contribution < -0.4 is 5.53 Å². The topological polar surface area (TPSA) is 72.7 Å². The second-order valence-corrected chi connectivity index (χ2v) is 2.05. The Balaban J connectivity index is 2.66. The van der Waals surface area contributed by atoms with Gasteiger partial charge in [0.25, 0.3) is 0 Å². The normalized spacial score (nSPS) is 19.9. The molecule has 0 aromatic carbocycles. The van der Waals surface area contributed by atoms with Crippen molar-refractivity contribution in [1.82, 2.24) is 10.5 Å². The highest BCUT2D eigenvalue weighted by atomic mass is 16.4. The summed E-state index contributed by atoms with van der Waals surface area (Å²) in [4.78, 5) is 21.6. The summed E-state index contributed by atoms with van der Waals surface area (Å²) >= 11 is 0. The minimum absolute atomic E-state index is 0.287. The molecule has 1 saturated heterocycles. The second kappa shape index (κ2) is 2.67. The van der Waals surface area contributed by atoms with Crippen molar-refractivity contribution in [3.63, 3.8) is 0 Å². The van der Waals surface area contributed by atoms with Gasteiger partial charge in [-0.2, -0.15) is 5.01 Å². The molecule has 1 amide bonds. The third-order valence-electron chi connectivity index (χ3n) is 1.24. The first kappa shape index (κ1) is 7.67. The van der Waals surface area contributed by atoms with Crippen LogP contribution in [0.3, 0.4) is 0 Å². The number of nitrogens with one attached hydrogen (secondary N) is 1. The second-order valence-electron chi connectivity index (χ2n) is 2.05. The number of hydrogen-bond donors (Lipinski definition) is 2. The molecule has 2 N–H and O–H groups in total. The summed E-state index contributed by atoms with van der Waals surface area (Å²) in [5.74, 6) is -0.479. The Morgan fingerprint density at radius 1 is 1.91 bits per heavy atom. The summed E-state index contributed by atoms with van der Waals surface area (Å²) < 4.78 is 0. The highest BCUT2D eigenvalue weighted by molar-refractivity contribution is 5.77. The summed E-state index contributed by atoms with van der Waals surface area (Å²) in [5.41, 5.74) is 2.09. The molecule has 1 aliphatic rings. The largest absolute Gasteiger partial charge is 0.368 e. The third kappa shape index (κ3) is 1.35. The highest BCUT2D eigenvalue weighted by Crippen LogP contribution is 1.99. The van der Waals surface area contributed by atoms with Gasteiger partial charge in [-0.3, -0.25) is 4.79 Å². The van der Waals surface area contributed by atoms with Crippen LogP contribution in [0.15, 0.2) is 12.7 Å². The molecule has 1 unspecified atom stereocenters. The van der Waals surface area contributed by atoms with Crippen molar-refractivity contribution in [1.29, 1.82) is 0 Å². The number of carbonyl (C=O) groups excluding carboxylic acids is 1. The van der Waals surface area contributed by atoms with Crippen LogP contribution in [-0.4, -0.2) is 33.7 Å². The smallest absolute Gasteiger partial charge is 0.321 e. The Kier molecular flexibility index (Phi) is 1.86. The zero-order valence-electron chi connectivity index (χ0n) is 5.73. The van der Waals surface area contributed by atoms with Crippen LogP contribution in [0.2, 0.25) is 0 Å². The van der Waals surface area contributed by atoms with Crippen LogP contribution in [0.5, 0.6) is 0 Å². The SMILES string of the molecule is C=CC(O)N1N[N+](=O)CC1=O. The van der Waals surface area contributed by atoms with Crippen LogP contribution in [0, 0.1) is 4.91 Å². The Morgan fingerprint density at radius 3 is 2.91 bits per heavy atom. The molecule has 1 heterocycles. The van der Waals surface area contributed by atoms with E-state index in [1.807, 2.05) is 0 Å². The van der Waals surface area contributed by atoms with Crippen molar-refractivity contribution < 1.29 is 14.8 Å². The minimum Gasteiger partial charge on any atom is -0.368 e. The van der Waals surface area contributed by atoms with Gasteiger partial charge in [0, 0.05) is 0 Å². The van der Waals surface area contributed by atoms with E-state index in [2.05, 4.69) is 12.1 Å². The van der Waals surface area contributed by atoms with Crippen LogP contribution >= 0.6 is 0 Å². The molecule has 0 aliphatic carbocycles. The van der Waals surface area contributed by atoms with E-state index in [4.69, 9.17) is 5.11 Å². The zero-order chi connectivity index (χ0) is 8.43. The van der Waals surface area contributed by atoms with Crippen molar-refractivity contribution in [3.05, 3.63) is 17.6 Å². The predicted octanol–water partition coefficient (Wildman–Crippen LogP) is -1.47. The molecule has 0 bridgehead atoms. The highest BCUT2D eigenvalue weighted by Gasteiger charge is 2.37. The summed E-state index contributed by atoms with van der Waals surface area (Å²) in [6.07, 6.45) is -0.00852. The van der Waals surface area contributed by atoms with Crippen LogP contribution in [0.25, 0.3) is 0 Å². The lowest BCUT2D eigenvalue weighted by Gasteiger charge is -2.12. The lowest BCUT2D eigenvalue weighted by atomic mass is 10.5. The Bertz CT molecular complexity index is 215. The first-order valence-electron chi connectivity index (χ1n) is 2.99. The fourth-order valence-electron chi connectivity index (χ4n) is 0.722. The quantitative estimate of drug-likeness (QED) is 0.380. The zero-order valence-corrected chi connectivity index (χ0v) is 5.73. The Morgan fingerprint density at radius 2 is 2.55 bits per heavy atom. The van der Waals surface area contributed by atoms with E-state index < -0.39 is 12.1 Å². The maximum absolute atomic E-state index is 10.8. The molecular weight excluding hydrogens is 150 g/mol. The van der Waals surface area contributed by atoms with Gasteiger partial charge in [-0.05, 0) is 11.6 Å². The van der Waals surface area contributed by atoms with Crippen LogP contribution in [-0.2, 0) is 4.79 Å². The summed E-state index contributed by atoms with van der Waals surface area (Å²) in [6.45, 7) is 2.97. The first-order valence-corrected chi connectivity index (χ1v) is 2.99. The van der Waals surface area contributed by atoms with Gasteiger partial charge in [0.15, 0.2) is 6.23 Å². The van der Waals surface area contributed by atoms with E-state index in [1.54, 1.807) is 0 Å². The summed E-state index contributed by atoms with van der Waals surface area (Å²) in [7, 11) is 0. The molecule has 11 heavy (non-hydrogen) atoms. The number of nitroso groups, excluding NO2 is 1. The van der Waals surface area contributed by atoms with Crippen molar-refractivity contribution in [2.45, 2.75) is 6.23 Å². The average Bonchev–Trinajstić information content (AvgIpc) is 2.28. The fraction of sp³-hybridized carbons (Fsp3) is 0.400. The molecular formula is C5H8N3O3+. The van der Waals surface area contributed by atoms with Gasteiger partial charge in [-0.15, -0.1) is 0 Å². The maximum atomic E-state index is 10.8. The molecule has 6 heteroatoms. The Labute approximate surface area is 62.6 Å². The Hall–Kier alpha value is -1.43. The fourth-order valence-corrected chi connectivity index (χ4v) is 0.722. The third-order valence-corrected chi connectivity index (χ3v) is 1.24. The lowest BCUT2D eigenvalue weighted by Crippen LogP contribution is -2.43. The molecule has 6 nitrogen and oxygen atoms in total. The molecule has 0 spiro atoms. The number of rotatable bonds is 2. The van der Waals surface area contributed by atoms with E-state index in [9.17, 15) is 9.70 Å². The van der Waals surface area contributed by atoms with Crippen LogP contribution in [0.1, 0.15) is 0 Å². The first-order chi connectivity index (χ1) is 5.15. The van der Waals surface area contributed by atoms with Crippen molar-refractivity contribution in [2.75, 3.05) is 6.54 Å². The van der Waals surface area contributed by atoms with E-state index >= 15 is 0 Å². The molecule has 0 saturated carbocycles. The van der Waals surface area contributed by atoms with Crippen molar-refractivity contribution in [3.8, 4) is 0 Å². The van der Waals surface area contributed by atoms with Gasteiger partial charge >= 0.3 is 12.5 Å². The van der Waals surface area contributed by atoms with Gasteiger partial charge in [0.2, 0.25) is 0 Å². The molecule has 1 aliphatic heterocycles. The number of nitrogens with zero attached hydrogens (tertiary/aromatic N) is 2. The van der Waals surface area contributed by atoms with Gasteiger partial charge in [0.05, 0.1) is 4.91 Å². The molecule has 0 aromatic heterocycles. The molecule has 1 fully saturated rings. The van der Waals surface area contributed by atoms with Crippen molar-refractivity contribution in [2.24, 2.45) is 0 Å². The van der Waals surface area contributed by atoms with Gasteiger partial charge in [0.1, 0.15) is 4.87 Å². The lowest BCUT2D eigenvalue weighted by molar-refractivity contribution is -0.603.